The van der Waals surface area contributed by atoms with Gasteiger partial charge < -0.3 is 0 Å². The molecule has 0 atom stereocenters. The maximum Gasteiger partial charge on any atom is 0.0846 e. The molecule has 0 radical (unpaired) electrons. The molecule has 2 aromatic rings. The topological polar surface area (TPSA) is 12.9 Å². The molecule has 1 heterocycles. The maximum absolute atomic E-state index is 4.37. The van der Waals surface area contributed by atoms with E-state index >= 15 is 0 Å². The SMILES string of the molecule is CCc1cc(Br)c2nccc(C)c2c1. The molecule has 0 spiro atoms. The monoisotopic (exact) mass is 249 g/mol. The molecule has 0 N–H and O–H groups in total. The zero-order valence-corrected chi connectivity index (χ0v) is 9.93. The van der Waals surface area contributed by atoms with Gasteiger partial charge in [0.1, 0.15) is 0 Å². The molecule has 0 aliphatic rings. The fourth-order valence-electron chi connectivity index (χ4n) is 1.60. The average molecular weight is 250 g/mol. The molecule has 0 amide bonds. The number of halogens is 1. The van der Waals surface area contributed by atoms with Crippen molar-refractivity contribution in [3.8, 4) is 0 Å². The molecule has 2 rings (SSSR count). The molecule has 14 heavy (non-hydrogen) atoms. The molecule has 0 fully saturated rings. The Bertz CT molecular complexity index is 477. The number of benzene rings is 1. The Morgan fingerprint density at radius 3 is 2.86 bits per heavy atom. The van der Waals surface area contributed by atoms with Gasteiger partial charge in [-0.15, -0.1) is 0 Å². The lowest BCUT2D eigenvalue weighted by molar-refractivity contribution is 1.14. The average Bonchev–Trinajstić information content (AvgIpc) is 2.19. The second kappa shape index (κ2) is 3.70. The third-order valence-corrected chi connectivity index (χ3v) is 3.09. The highest BCUT2D eigenvalue weighted by atomic mass is 79.9. The number of fused-ring (bicyclic) bond motifs is 1. The molecule has 0 unspecified atom stereocenters. The van der Waals surface area contributed by atoms with Gasteiger partial charge in [-0.1, -0.05) is 6.92 Å². The first-order chi connectivity index (χ1) is 6.72. The van der Waals surface area contributed by atoms with Crippen LogP contribution in [0.15, 0.2) is 28.9 Å². The zero-order valence-electron chi connectivity index (χ0n) is 8.34. The Morgan fingerprint density at radius 2 is 2.14 bits per heavy atom. The molecular formula is C12H12BrN. The van der Waals surface area contributed by atoms with Gasteiger partial charge in [0.05, 0.1) is 5.52 Å². The van der Waals surface area contributed by atoms with Crippen molar-refractivity contribution in [1.82, 2.24) is 4.98 Å². The van der Waals surface area contributed by atoms with E-state index < -0.39 is 0 Å². The van der Waals surface area contributed by atoms with Crippen LogP contribution in [0, 0.1) is 6.92 Å². The smallest absolute Gasteiger partial charge is 0.0846 e. The molecule has 0 saturated carbocycles. The largest absolute Gasteiger partial charge is 0.255 e. The van der Waals surface area contributed by atoms with Crippen molar-refractivity contribution in [1.29, 1.82) is 0 Å². The summed E-state index contributed by atoms with van der Waals surface area (Å²) in [6, 6.07) is 6.42. The van der Waals surface area contributed by atoms with Crippen LogP contribution in [0.25, 0.3) is 10.9 Å². The van der Waals surface area contributed by atoms with E-state index in [9.17, 15) is 0 Å². The second-order valence-electron chi connectivity index (χ2n) is 3.46. The molecular weight excluding hydrogens is 238 g/mol. The summed E-state index contributed by atoms with van der Waals surface area (Å²) in [6.07, 6.45) is 2.91. The Labute approximate surface area is 92.3 Å². The molecule has 0 aliphatic carbocycles. The van der Waals surface area contributed by atoms with Crippen LogP contribution in [0.2, 0.25) is 0 Å². The van der Waals surface area contributed by atoms with E-state index in [1.807, 2.05) is 12.3 Å². The molecule has 0 aliphatic heterocycles. The van der Waals surface area contributed by atoms with Gasteiger partial charge in [0.15, 0.2) is 0 Å². The molecule has 1 aromatic carbocycles. The third kappa shape index (κ3) is 1.55. The number of aromatic nitrogens is 1. The van der Waals surface area contributed by atoms with E-state index in [-0.39, 0.29) is 0 Å². The van der Waals surface area contributed by atoms with Crippen molar-refractivity contribution in [3.05, 3.63) is 40.0 Å². The summed E-state index contributed by atoms with van der Waals surface area (Å²) in [5.74, 6) is 0. The summed E-state index contributed by atoms with van der Waals surface area (Å²) < 4.78 is 1.09. The fraction of sp³-hybridized carbons (Fsp3) is 0.250. The van der Waals surface area contributed by atoms with E-state index in [2.05, 4.69) is 46.9 Å². The minimum Gasteiger partial charge on any atom is -0.255 e. The van der Waals surface area contributed by atoms with Gasteiger partial charge in [-0.25, -0.2) is 0 Å². The number of pyridine rings is 1. The van der Waals surface area contributed by atoms with E-state index in [0.29, 0.717) is 0 Å². The first-order valence-corrected chi connectivity index (χ1v) is 5.55. The van der Waals surface area contributed by atoms with Gasteiger partial charge >= 0.3 is 0 Å². The minimum absolute atomic E-state index is 1.06. The maximum atomic E-state index is 4.37. The molecule has 1 nitrogen and oxygen atoms in total. The van der Waals surface area contributed by atoms with Crippen molar-refractivity contribution in [3.63, 3.8) is 0 Å². The standard InChI is InChI=1S/C12H12BrN/c1-3-9-6-10-8(2)4-5-14-12(10)11(13)7-9/h4-7H,3H2,1-2H3. The van der Waals surface area contributed by atoms with Crippen molar-refractivity contribution in [2.45, 2.75) is 20.3 Å². The number of rotatable bonds is 1. The van der Waals surface area contributed by atoms with Crippen molar-refractivity contribution >= 4 is 26.8 Å². The van der Waals surface area contributed by atoms with Crippen LogP contribution in [0.1, 0.15) is 18.1 Å². The van der Waals surface area contributed by atoms with E-state index in [1.165, 1.54) is 16.5 Å². The lowest BCUT2D eigenvalue weighted by Crippen LogP contribution is -1.87. The fourth-order valence-corrected chi connectivity index (χ4v) is 2.21. The van der Waals surface area contributed by atoms with E-state index in [0.717, 1.165) is 16.4 Å². The van der Waals surface area contributed by atoms with Gasteiger partial charge in [0, 0.05) is 16.1 Å². The summed E-state index contributed by atoms with van der Waals surface area (Å²) in [7, 11) is 0. The number of hydrogen-bond acceptors (Lipinski definition) is 1. The van der Waals surface area contributed by atoms with Gasteiger partial charge in [-0.2, -0.15) is 0 Å². The number of aryl methyl sites for hydroxylation is 2. The zero-order chi connectivity index (χ0) is 10.1. The Kier molecular flexibility index (Phi) is 2.55. The van der Waals surface area contributed by atoms with Gasteiger partial charge in [-0.05, 0) is 58.6 Å². The van der Waals surface area contributed by atoms with Crippen molar-refractivity contribution in [2.75, 3.05) is 0 Å². The van der Waals surface area contributed by atoms with Crippen LogP contribution in [0.3, 0.4) is 0 Å². The highest BCUT2D eigenvalue weighted by Gasteiger charge is 2.03. The van der Waals surface area contributed by atoms with Crippen LogP contribution in [0.5, 0.6) is 0 Å². The lowest BCUT2D eigenvalue weighted by atomic mass is 10.1. The van der Waals surface area contributed by atoms with Crippen molar-refractivity contribution in [2.24, 2.45) is 0 Å². The van der Waals surface area contributed by atoms with Crippen molar-refractivity contribution < 1.29 is 0 Å². The van der Waals surface area contributed by atoms with E-state index in [1.54, 1.807) is 0 Å². The molecule has 72 valence electrons. The Balaban J connectivity index is 2.83. The molecule has 0 saturated heterocycles. The third-order valence-electron chi connectivity index (χ3n) is 2.48. The minimum atomic E-state index is 1.06. The number of nitrogens with zero attached hydrogens (tertiary/aromatic N) is 1. The summed E-state index contributed by atoms with van der Waals surface area (Å²) in [4.78, 5) is 4.37. The molecule has 2 heteroatoms. The Hall–Kier alpha value is -0.890. The van der Waals surface area contributed by atoms with Gasteiger partial charge in [0.25, 0.3) is 0 Å². The second-order valence-corrected chi connectivity index (χ2v) is 4.31. The summed E-state index contributed by atoms with van der Waals surface area (Å²) >= 11 is 3.56. The Morgan fingerprint density at radius 1 is 1.36 bits per heavy atom. The van der Waals surface area contributed by atoms with Crippen LogP contribution >= 0.6 is 15.9 Å². The summed E-state index contributed by atoms with van der Waals surface area (Å²) in [6.45, 7) is 4.29. The van der Waals surface area contributed by atoms with Crippen LogP contribution in [-0.4, -0.2) is 4.98 Å². The molecule has 1 aromatic heterocycles. The van der Waals surface area contributed by atoms with Gasteiger partial charge in [0.2, 0.25) is 0 Å². The number of hydrogen-bond donors (Lipinski definition) is 0. The predicted molar refractivity (Wildman–Crippen MR) is 63.6 cm³/mol. The van der Waals surface area contributed by atoms with Crippen LogP contribution in [0.4, 0.5) is 0 Å². The van der Waals surface area contributed by atoms with Gasteiger partial charge in [-0.3, -0.25) is 4.98 Å². The van der Waals surface area contributed by atoms with Crippen LogP contribution < -0.4 is 0 Å². The first kappa shape index (κ1) is 9.66. The normalized spacial score (nSPS) is 10.8. The highest BCUT2D eigenvalue weighted by molar-refractivity contribution is 9.10. The summed E-state index contributed by atoms with van der Waals surface area (Å²) in [5, 5.41) is 1.25. The molecule has 0 bridgehead atoms. The quantitative estimate of drug-likeness (QED) is 0.748. The van der Waals surface area contributed by atoms with Crippen LogP contribution in [-0.2, 0) is 6.42 Å². The lowest BCUT2D eigenvalue weighted by Gasteiger charge is -2.05. The summed E-state index contributed by atoms with van der Waals surface area (Å²) in [5.41, 5.74) is 3.69. The van der Waals surface area contributed by atoms with E-state index in [4.69, 9.17) is 0 Å². The predicted octanol–water partition coefficient (Wildman–Crippen LogP) is 3.87. The highest BCUT2D eigenvalue weighted by Crippen LogP contribution is 2.26. The first-order valence-electron chi connectivity index (χ1n) is 4.76.